The van der Waals surface area contributed by atoms with Gasteiger partial charge in [0.2, 0.25) is 15.9 Å². The number of benzene rings is 2. The number of sulfonamides is 1. The standard InChI is InChI=1S/C21H24FN3O3S/c1-24-10-12-25(13-11-24)29(27,28)16-8-6-15(7-9-16)23-21(26)19-14-18(19)17-4-2-3-5-20(17)22/h2-9,18-19H,10-14H2,1H3,(H,23,26). The van der Waals surface area contributed by atoms with Crippen LogP contribution in [0.3, 0.4) is 0 Å². The smallest absolute Gasteiger partial charge is 0.243 e. The SMILES string of the molecule is CN1CCN(S(=O)(=O)c2ccc(NC(=O)C3CC3c3ccccc3F)cc2)CC1. The van der Waals surface area contributed by atoms with Crippen LogP contribution in [0.4, 0.5) is 10.1 Å². The number of carbonyl (C=O) groups is 1. The zero-order valence-corrected chi connectivity index (χ0v) is 17.0. The molecule has 1 aliphatic heterocycles. The van der Waals surface area contributed by atoms with Gasteiger partial charge < -0.3 is 10.2 Å². The molecule has 2 aromatic rings. The van der Waals surface area contributed by atoms with E-state index in [1.807, 2.05) is 7.05 Å². The first-order valence-corrected chi connectivity index (χ1v) is 11.1. The van der Waals surface area contributed by atoms with Crippen molar-refractivity contribution in [2.75, 3.05) is 38.5 Å². The van der Waals surface area contributed by atoms with E-state index >= 15 is 0 Å². The second kappa shape index (κ2) is 7.85. The Kier molecular flexibility index (Phi) is 5.42. The van der Waals surface area contributed by atoms with E-state index in [2.05, 4.69) is 10.2 Å². The highest BCUT2D eigenvalue weighted by Crippen LogP contribution is 2.48. The van der Waals surface area contributed by atoms with Gasteiger partial charge in [0.05, 0.1) is 4.90 Å². The van der Waals surface area contributed by atoms with Crippen molar-refractivity contribution in [3.05, 3.63) is 59.9 Å². The van der Waals surface area contributed by atoms with E-state index in [4.69, 9.17) is 0 Å². The molecule has 2 unspecified atom stereocenters. The Morgan fingerprint density at radius 1 is 1.03 bits per heavy atom. The van der Waals surface area contributed by atoms with Crippen molar-refractivity contribution in [2.45, 2.75) is 17.2 Å². The molecule has 0 spiro atoms. The third kappa shape index (κ3) is 4.19. The van der Waals surface area contributed by atoms with Crippen LogP contribution in [-0.2, 0) is 14.8 Å². The van der Waals surface area contributed by atoms with E-state index in [1.165, 1.54) is 22.5 Å². The fourth-order valence-electron chi connectivity index (χ4n) is 3.73. The highest BCUT2D eigenvalue weighted by atomic mass is 32.2. The molecule has 1 saturated carbocycles. The van der Waals surface area contributed by atoms with Crippen LogP contribution >= 0.6 is 0 Å². The van der Waals surface area contributed by atoms with Crippen LogP contribution in [0.2, 0.25) is 0 Å². The van der Waals surface area contributed by atoms with Crippen LogP contribution in [0, 0.1) is 11.7 Å². The van der Waals surface area contributed by atoms with Crippen molar-refractivity contribution >= 4 is 21.6 Å². The third-order valence-electron chi connectivity index (χ3n) is 5.65. The van der Waals surface area contributed by atoms with Gasteiger partial charge in [-0.05, 0) is 55.3 Å². The Hall–Kier alpha value is -2.29. The molecule has 1 aliphatic carbocycles. The van der Waals surface area contributed by atoms with Crippen molar-refractivity contribution in [1.82, 2.24) is 9.21 Å². The van der Waals surface area contributed by atoms with Crippen LogP contribution in [-0.4, -0.2) is 56.8 Å². The lowest BCUT2D eigenvalue weighted by atomic mass is 10.1. The second-order valence-corrected chi connectivity index (χ2v) is 9.63. The molecule has 1 heterocycles. The highest BCUT2D eigenvalue weighted by molar-refractivity contribution is 7.89. The number of carbonyl (C=O) groups excluding carboxylic acids is 1. The quantitative estimate of drug-likeness (QED) is 0.812. The number of halogens is 1. The maximum atomic E-state index is 13.9. The molecule has 8 heteroatoms. The summed E-state index contributed by atoms with van der Waals surface area (Å²) in [5.41, 5.74) is 1.10. The molecule has 2 aromatic carbocycles. The van der Waals surface area contributed by atoms with Crippen LogP contribution in [0.15, 0.2) is 53.4 Å². The Balaban J connectivity index is 1.39. The number of nitrogens with one attached hydrogen (secondary N) is 1. The molecule has 154 valence electrons. The molecule has 2 fully saturated rings. The number of hydrogen-bond acceptors (Lipinski definition) is 4. The average Bonchev–Trinajstić information content (AvgIpc) is 3.50. The minimum atomic E-state index is -3.53. The minimum absolute atomic E-state index is 0.104. The fourth-order valence-corrected chi connectivity index (χ4v) is 5.15. The van der Waals surface area contributed by atoms with E-state index in [0.29, 0.717) is 43.9 Å². The van der Waals surface area contributed by atoms with Gasteiger partial charge in [-0.3, -0.25) is 4.79 Å². The molecule has 29 heavy (non-hydrogen) atoms. The lowest BCUT2D eigenvalue weighted by Gasteiger charge is -2.31. The summed E-state index contributed by atoms with van der Waals surface area (Å²) in [4.78, 5) is 14.8. The second-order valence-electron chi connectivity index (χ2n) is 7.69. The topological polar surface area (TPSA) is 69.7 Å². The summed E-state index contributed by atoms with van der Waals surface area (Å²) in [6.45, 7) is 2.35. The predicted octanol–water partition coefficient (Wildman–Crippen LogP) is 2.50. The van der Waals surface area contributed by atoms with Crippen LogP contribution < -0.4 is 5.32 Å². The molecule has 6 nitrogen and oxygen atoms in total. The van der Waals surface area contributed by atoms with Crippen molar-refractivity contribution in [1.29, 1.82) is 0 Å². The van der Waals surface area contributed by atoms with Crippen molar-refractivity contribution < 1.29 is 17.6 Å². The third-order valence-corrected chi connectivity index (χ3v) is 7.57. The van der Waals surface area contributed by atoms with Gasteiger partial charge in [0.1, 0.15) is 5.82 Å². The van der Waals surface area contributed by atoms with Gasteiger partial charge in [-0.25, -0.2) is 12.8 Å². The fraction of sp³-hybridized carbons (Fsp3) is 0.381. The van der Waals surface area contributed by atoms with Crippen LogP contribution in [0.1, 0.15) is 17.9 Å². The molecule has 4 rings (SSSR count). The molecule has 2 aliphatic rings. The van der Waals surface area contributed by atoms with E-state index in [1.54, 1.807) is 30.3 Å². The average molecular weight is 418 g/mol. The molecule has 0 aromatic heterocycles. The minimum Gasteiger partial charge on any atom is -0.326 e. The number of amides is 1. The first-order chi connectivity index (χ1) is 13.9. The summed E-state index contributed by atoms with van der Waals surface area (Å²) in [5, 5.41) is 2.81. The first kappa shape index (κ1) is 20.0. The maximum Gasteiger partial charge on any atom is 0.243 e. The van der Waals surface area contributed by atoms with E-state index < -0.39 is 10.0 Å². The number of hydrogen-bond donors (Lipinski definition) is 1. The van der Waals surface area contributed by atoms with Gasteiger partial charge >= 0.3 is 0 Å². The summed E-state index contributed by atoms with van der Waals surface area (Å²) in [6, 6.07) is 12.8. The lowest BCUT2D eigenvalue weighted by Crippen LogP contribution is -2.46. The maximum absolute atomic E-state index is 13.9. The van der Waals surface area contributed by atoms with Crippen LogP contribution in [0.25, 0.3) is 0 Å². The Labute approximate surface area is 170 Å². The van der Waals surface area contributed by atoms with E-state index in [9.17, 15) is 17.6 Å². The normalized spacial score (nSPS) is 23.0. The van der Waals surface area contributed by atoms with Gasteiger partial charge in [-0.1, -0.05) is 18.2 Å². The Bertz CT molecular complexity index is 1000. The number of rotatable bonds is 5. The summed E-state index contributed by atoms with van der Waals surface area (Å²) >= 11 is 0. The number of anilines is 1. The molecule has 1 N–H and O–H groups in total. The Morgan fingerprint density at radius 2 is 1.69 bits per heavy atom. The summed E-state index contributed by atoms with van der Waals surface area (Å²) < 4.78 is 40.9. The van der Waals surface area contributed by atoms with Crippen molar-refractivity contribution in [3.63, 3.8) is 0 Å². The monoisotopic (exact) mass is 417 g/mol. The van der Waals surface area contributed by atoms with Gasteiger partial charge in [0.25, 0.3) is 0 Å². The molecule has 0 radical (unpaired) electrons. The lowest BCUT2D eigenvalue weighted by molar-refractivity contribution is -0.117. The molecule has 0 bridgehead atoms. The van der Waals surface area contributed by atoms with Gasteiger partial charge in [0, 0.05) is 37.8 Å². The van der Waals surface area contributed by atoms with Crippen molar-refractivity contribution in [2.24, 2.45) is 5.92 Å². The number of nitrogens with zero attached hydrogens (tertiary/aromatic N) is 2. The van der Waals surface area contributed by atoms with Crippen LogP contribution in [0.5, 0.6) is 0 Å². The van der Waals surface area contributed by atoms with Crippen molar-refractivity contribution in [3.8, 4) is 0 Å². The Morgan fingerprint density at radius 3 is 2.34 bits per heavy atom. The highest BCUT2D eigenvalue weighted by Gasteiger charge is 2.45. The van der Waals surface area contributed by atoms with E-state index in [0.717, 1.165) is 0 Å². The summed E-state index contributed by atoms with van der Waals surface area (Å²) in [6.07, 6.45) is 0.614. The summed E-state index contributed by atoms with van der Waals surface area (Å²) in [5.74, 6) is -0.826. The number of likely N-dealkylation sites (N-methyl/N-ethyl adjacent to an activating group) is 1. The largest absolute Gasteiger partial charge is 0.326 e. The summed E-state index contributed by atoms with van der Waals surface area (Å²) in [7, 11) is -1.56. The van der Waals surface area contributed by atoms with E-state index in [-0.39, 0.29) is 28.5 Å². The van der Waals surface area contributed by atoms with Gasteiger partial charge in [0.15, 0.2) is 0 Å². The predicted molar refractivity (Wildman–Crippen MR) is 109 cm³/mol. The zero-order chi connectivity index (χ0) is 20.6. The molecule has 2 atom stereocenters. The van der Waals surface area contributed by atoms with Gasteiger partial charge in [-0.15, -0.1) is 0 Å². The first-order valence-electron chi connectivity index (χ1n) is 9.70. The molecular formula is C21H24FN3O3S. The zero-order valence-electron chi connectivity index (χ0n) is 16.2. The molecular weight excluding hydrogens is 393 g/mol. The van der Waals surface area contributed by atoms with Gasteiger partial charge in [-0.2, -0.15) is 4.31 Å². The molecule has 1 saturated heterocycles. The molecule has 1 amide bonds. The number of piperazine rings is 1.